The third-order valence-corrected chi connectivity index (χ3v) is 4.11. The lowest BCUT2D eigenvalue weighted by atomic mass is 10.2. The highest BCUT2D eigenvalue weighted by Crippen LogP contribution is 2.19. The maximum absolute atomic E-state index is 12.0. The molecule has 1 aliphatic rings. The molecule has 1 saturated heterocycles. The summed E-state index contributed by atoms with van der Waals surface area (Å²) < 4.78 is 0. The van der Waals surface area contributed by atoms with Gasteiger partial charge in [0.2, 0.25) is 5.91 Å². The van der Waals surface area contributed by atoms with Gasteiger partial charge in [0.15, 0.2) is 0 Å². The van der Waals surface area contributed by atoms with Crippen molar-refractivity contribution in [2.24, 2.45) is 0 Å². The van der Waals surface area contributed by atoms with E-state index < -0.39 is 0 Å². The molecular weight excluding hydrogens is 246 g/mol. The molecule has 1 amide bonds. The lowest BCUT2D eigenvalue weighted by molar-refractivity contribution is -0.131. The third-order valence-electron chi connectivity index (χ3n) is 3.18. The third kappa shape index (κ3) is 3.53. The number of hydrogen-bond donors (Lipinski definition) is 1. The molecular formula is C13H21N3OS. The number of hydrogen-bond acceptors (Lipinski definition) is 4. The first-order valence-electron chi connectivity index (χ1n) is 6.59. The van der Waals surface area contributed by atoms with Crippen LogP contribution in [0.2, 0.25) is 0 Å². The van der Waals surface area contributed by atoms with Gasteiger partial charge in [-0.1, -0.05) is 13.8 Å². The van der Waals surface area contributed by atoms with Crippen LogP contribution in [-0.4, -0.2) is 42.0 Å². The van der Waals surface area contributed by atoms with Crippen molar-refractivity contribution in [3.63, 3.8) is 0 Å². The molecule has 0 atom stereocenters. The summed E-state index contributed by atoms with van der Waals surface area (Å²) in [6, 6.07) is 0. The first kappa shape index (κ1) is 13.5. The van der Waals surface area contributed by atoms with Crippen LogP contribution < -0.4 is 5.32 Å². The molecule has 2 rings (SSSR count). The summed E-state index contributed by atoms with van der Waals surface area (Å²) in [6.45, 7) is 7.80. The Labute approximate surface area is 112 Å². The zero-order valence-corrected chi connectivity index (χ0v) is 11.9. The topological polar surface area (TPSA) is 45.2 Å². The monoisotopic (exact) mass is 267 g/mol. The fourth-order valence-electron chi connectivity index (χ4n) is 1.99. The summed E-state index contributed by atoms with van der Waals surface area (Å²) in [4.78, 5) is 18.5. The Balaban J connectivity index is 1.81. The van der Waals surface area contributed by atoms with Gasteiger partial charge < -0.3 is 10.2 Å². The van der Waals surface area contributed by atoms with Crippen LogP contribution in [0.3, 0.4) is 0 Å². The molecule has 0 spiro atoms. The van der Waals surface area contributed by atoms with E-state index in [9.17, 15) is 4.79 Å². The molecule has 1 aromatic rings. The van der Waals surface area contributed by atoms with Crippen molar-refractivity contribution in [1.82, 2.24) is 15.2 Å². The highest BCUT2D eigenvalue weighted by molar-refractivity contribution is 7.09. The molecule has 1 aromatic heterocycles. The van der Waals surface area contributed by atoms with Gasteiger partial charge in [0.25, 0.3) is 0 Å². The summed E-state index contributed by atoms with van der Waals surface area (Å²) in [6.07, 6.45) is 1.37. The van der Waals surface area contributed by atoms with Crippen molar-refractivity contribution >= 4 is 17.2 Å². The summed E-state index contributed by atoms with van der Waals surface area (Å²) >= 11 is 1.67. The molecule has 2 heterocycles. The molecule has 0 aliphatic carbocycles. The lowest BCUT2D eigenvalue weighted by Gasteiger charge is -2.27. The van der Waals surface area contributed by atoms with E-state index in [4.69, 9.17) is 0 Å². The molecule has 1 N–H and O–H groups in total. The zero-order chi connectivity index (χ0) is 13.0. The Hall–Kier alpha value is -0.940. The van der Waals surface area contributed by atoms with E-state index in [-0.39, 0.29) is 5.91 Å². The van der Waals surface area contributed by atoms with E-state index in [1.54, 1.807) is 11.3 Å². The second-order valence-corrected chi connectivity index (χ2v) is 5.89. The molecule has 0 bridgehead atoms. The van der Waals surface area contributed by atoms with E-state index in [0.29, 0.717) is 12.3 Å². The van der Waals surface area contributed by atoms with E-state index in [1.165, 1.54) is 0 Å². The first-order chi connectivity index (χ1) is 8.66. The first-order valence-corrected chi connectivity index (χ1v) is 7.47. The van der Waals surface area contributed by atoms with Crippen LogP contribution in [0.15, 0.2) is 5.38 Å². The van der Waals surface area contributed by atoms with Crippen LogP contribution in [0.4, 0.5) is 0 Å². The van der Waals surface area contributed by atoms with E-state index in [2.05, 4.69) is 29.5 Å². The molecule has 1 fully saturated rings. The van der Waals surface area contributed by atoms with Gasteiger partial charge >= 0.3 is 0 Å². The van der Waals surface area contributed by atoms with E-state index in [1.807, 2.05) is 4.90 Å². The van der Waals surface area contributed by atoms with Gasteiger partial charge in [0, 0.05) is 44.4 Å². The number of nitrogens with zero attached hydrogens (tertiary/aromatic N) is 2. The smallest absolute Gasteiger partial charge is 0.223 e. The predicted octanol–water partition coefficient (Wildman–Crippen LogP) is 1.63. The quantitative estimate of drug-likeness (QED) is 0.902. The number of carbonyl (C=O) groups is 1. The summed E-state index contributed by atoms with van der Waals surface area (Å²) in [7, 11) is 0. The van der Waals surface area contributed by atoms with Gasteiger partial charge in [-0.25, -0.2) is 4.98 Å². The number of aryl methyl sites for hydroxylation is 1. The average molecular weight is 267 g/mol. The minimum absolute atomic E-state index is 0.262. The van der Waals surface area contributed by atoms with Gasteiger partial charge in [-0.2, -0.15) is 0 Å². The molecule has 0 saturated carbocycles. The summed E-state index contributed by atoms with van der Waals surface area (Å²) in [5.41, 5.74) is 1.14. The molecule has 4 nitrogen and oxygen atoms in total. The maximum atomic E-state index is 12.0. The predicted molar refractivity (Wildman–Crippen MR) is 74.0 cm³/mol. The number of thiazole rings is 1. The molecule has 100 valence electrons. The molecule has 1 aliphatic heterocycles. The maximum Gasteiger partial charge on any atom is 0.223 e. The highest BCUT2D eigenvalue weighted by Gasteiger charge is 2.16. The standard InChI is InChI=1S/C13H21N3OS/c1-10(2)11-9-18-12(15-11)3-4-13(17)16-7-5-14-6-8-16/h9-10,14H,3-8H2,1-2H3. The number of nitrogens with one attached hydrogen (secondary N) is 1. The fourth-order valence-corrected chi connectivity index (χ4v) is 2.95. The van der Waals surface area contributed by atoms with Gasteiger partial charge in [0.1, 0.15) is 0 Å². The number of amides is 1. The Morgan fingerprint density at radius 2 is 2.22 bits per heavy atom. The Morgan fingerprint density at radius 3 is 2.83 bits per heavy atom. The van der Waals surface area contributed by atoms with Crippen LogP contribution in [-0.2, 0) is 11.2 Å². The lowest BCUT2D eigenvalue weighted by Crippen LogP contribution is -2.46. The molecule has 0 aromatic carbocycles. The summed E-state index contributed by atoms with van der Waals surface area (Å²) in [5.74, 6) is 0.733. The van der Waals surface area contributed by atoms with E-state index in [0.717, 1.165) is 43.3 Å². The molecule has 0 radical (unpaired) electrons. The molecule has 18 heavy (non-hydrogen) atoms. The van der Waals surface area contributed by atoms with Gasteiger partial charge in [0.05, 0.1) is 10.7 Å². The van der Waals surface area contributed by atoms with Crippen LogP contribution in [0.1, 0.15) is 36.9 Å². The minimum Gasteiger partial charge on any atom is -0.340 e. The normalized spacial score (nSPS) is 16.3. The average Bonchev–Trinajstić information content (AvgIpc) is 2.86. The van der Waals surface area contributed by atoms with Crippen molar-refractivity contribution < 1.29 is 4.79 Å². The minimum atomic E-state index is 0.262. The van der Waals surface area contributed by atoms with Gasteiger partial charge in [-0.05, 0) is 5.92 Å². The van der Waals surface area contributed by atoms with E-state index >= 15 is 0 Å². The highest BCUT2D eigenvalue weighted by atomic mass is 32.1. The number of carbonyl (C=O) groups excluding carboxylic acids is 1. The van der Waals surface area contributed by atoms with Crippen LogP contribution >= 0.6 is 11.3 Å². The van der Waals surface area contributed by atoms with Crippen molar-refractivity contribution in [2.45, 2.75) is 32.6 Å². The number of piperazine rings is 1. The Kier molecular flexibility index (Phi) is 4.72. The van der Waals surface area contributed by atoms with Crippen molar-refractivity contribution in [3.8, 4) is 0 Å². The van der Waals surface area contributed by atoms with Crippen molar-refractivity contribution in [3.05, 3.63) is 16.1 Å². The SMILES string of the molecule is CC(C)c1csc(CCC(=O)N2CCNCC2)n1. The second-order valence-electron chi connectivity index (χ2n) is 4.95. The fraction of sp³-hybridized carbons (Fsp3) is 0.692. The largest absolute Gasteiger partial charge is 0.340 e. The van der Waals surface area contributed by atoms with Gasteiger partial charge in [-0.3, -0.25) is 4.79 Å². The molecule has 0 unspecified atom stereocenters. The Morgan fingerprint density at radius 1 is 1.50 bits per heavy atom. The van der Waals surface area contributed by atoms with Crippen molar-refractivity contribution in [2.75, 3.05) is 26.2 Å². The zero-order valence-electron chi connectivity index (χ0n) is 11.1. The molecule has 5 heteroatoms. The van der Waals surface area contributed by atoms with Gasteiger partial charge in [-0.15, -0.1) is 11.3 Å². The Bertz CT molecular complexity index is 397. The summed E-state index contributed by atoms with van der Waals surface area (Å²) in [5, 5.41) is 6.45. The second kappa shape index (κ2) is 6.29. The number of aromatic nitrogens is 1. The van der Waals surface area contributed by atoms with Crippen molar-refractivity contribution in [1.29, 1.82) is 0 Å². The van der Waals surface area contributed by atoms with Crippen LogP contribution in [0, 0.1) is 0 Å². The number of rotatable bonds is 4. The van der Waals surface area contributed by atoms with Crippen LogP contribution in [0.5, 0.6) is 0 Å². The van der Waals surface area contributed by atoms with Crippen LogP contribution in [0.25, 0.3) is 0 Å².